The summed E-state index contributed by atoms with van der Waals surface area (Å²) in [5.74, 6) is 0. The summed E-state index contributed by atoms with van der Waals surface area (Å²) in [6, 6.07) is 6.70. The number of hydrogen-bond acceptors (Lipinski definition) is 5. The molecule has 8 nitrogen and oxygen atoms in total. The standard InChI is InChI=1S/C12H13N3O5S/c16-7-9-3-1-2-8(4-9)5-14-21(19,20)10-6-13-12(18)15-11(10)17/h1-4,6,14,16H,5,7H2,(H2,13,15,17,18). The van der Waals surface area contributed by atoms with Gasteiger partial charge in [-0.25, -0.2) is 17.9 Å². The normalized spacial score (nSPS) is 11.5. The fourth-order valence-electron chi connectivity index (χ4n) is 1.69. The molecule has 0 aliphatic rings. The maximum Gasteiger partial charge on any atom is 0.325 e. The minimum Gasteiger partial charge on any atom is -0.392 e. The Labute approximate surface area is 119 Å². The lowest BCUT2D eigenvalue weighted by Crippen LogP contribution is -2.32. The van der Waals surface area contributed by atoms with Gasteiger partial charge in [0.15, 0.2) is 4.90 Å². The highest BCUT2D eigenvalue weighted by Gasteiger charge is 2.18. The number of H-pyrrole nitrogens is 2. The lowest BCUT2D eigenvalue weighted by molar-refractivity contribution is 0.281. The molecule has 0 fully saturated rings. The first-order chi connectivity index (χ1) is 9.92. The molecule has 0 bridgehead atoms. The molecule has 1 aromatic carbocycles. The highest BCUT2D eigenvalue weighted by molar-refractivity contribution is 7.89. The third-order valence-electron chi connectivity index (χ3n) is 2.72. The number of aromatic amines is 2. The molecule has 0 saturated carbocycles. The third-order valence-corrected chi connectivity index (χ3v) is 4.12. The van der Waals surface area contributed by atoms with Crippen molar-refractivity contribution in [1.29, 1.82) is 0 Å². The van der Waals surface area contributed by atoms with Gasteiger partial charge in [0.25, 0.3) is 5.56 Å². The van der Waals surface area contributed by atoms with Crippen molar-refractivity contribution in [3.63, 3.8) is 0 Å². The molecule has 1 aromatic heterocycles. The lowest BCUT2D eigenvalue weighted by Gasteiger charge is -2.06. The van der Waals surface area contributed by atoms with E-state index in [1.54, 1.807) is 24.3 Å². The lowest BCUT2D eigenvalue weighted by atomic mass is 10.1. The zero-order chi connectivity index (χ0) is 15.5. The maximum atomic E-state index is 12.0. The van der Waals surface area contributed by atoms with E-state index in [9.17, 15) is 18.0 Å². The van der Waals surface area contributed by atoms with Crippen molar-refractivity contribution >= 4 is 10.0 Å². The van der Waals surface area contributed by atoms with Gasteiger partial charge in [-0.05, 0) is 11.1 Å². The first-order valence-electron chi connectivity index (χ1n) is 5.93. The van der Waals surface area contributed by atoms with Crippen LogP contribution in [0.15, 0.2) is 44.9 Å². The first-order valence-corrected chi connectivity index (χ1v) is 7.41. The molecule has 0 radical (unpaired) electrons. The predicted octanol–water partition coefficient (Wildman–Crippen LogP) is -0.966. The summed E-state index contributed by atoms with van der Waals surface area (Å²) in [5.41, 5.74) is -0.496. The van der Waals surface area contributed by atoms with Crippen molar-refractivity contribution in [2.75, 3.05) is 0 Å². The fourth-order valence-corrected chi connectivity index (χ4v) is 2.71. The second-order valence-corrected chi connectivity index (χ2v) is 5.97. The summed E-state index contributed by atoms with van der Waals surface area (Å²) in [6.45, 7) is -0.199. The van der Waals surface area contributed by atoms with Crippen LogP contribution in [0.4, 0.5) is 0 Å². The summed E-state index contributed by atoms with van der Waals surface area (Å²) >= 11 is 0. The smallest absolute Gasteiger partial charge is 0.325 e. The van der Waals surface area contributed by atoms with Crippen LogP contribution in [0.3, 0.4) is 0 Å². The number of benzene rings is 1. The number of aromatic nitrogens is 2. The molecular formula is C12H13N3O5S. The maximum absolute atomic E-state index is 12.0. The minimum absolute atomic E-state index is 0.0469. The molecule has 4 N–H and O–H groups in total. The van der Waals surface area contributed by atoms with Crippen LogP contribution in [-0.2, 0) is 23.2 Å². The Bertz CT molecular complexity index is 853. The summed E-state index contributed by atoms with van der Waals surface area (Å²) < 4.78 is 26.2. The van der Waals surface area contributed by atoms with Crippen molar-refractivity contribution < 1.29 is 13.5 Å². The van der Waals surface area contributed by atoms with E-state index in [1.807, 2.05) is 4.98 Å². The summed E-state index contributed by atoms with van der Waals surface area (Å²) in [4.78, 5) is 25.7. The molecule has 2 aromatic rings. The Hall–Kier alpha value is -2.23. The van der Waals surface area contributed by atoms with Gasteiger partial charge < -0.3 is 10.1 Å². The molecule has 2 rings (SSSR count). The average Bonchev–Trinajstić information content (AvgIpc) is 2.45. The molecule has 0 unspecified atom stereocenters. The van der Waals surface area contributed by atoms with Gasteiger partial charge in [-0.2, -0.15) is 0 Å². The molecule has 0 amide bonds. The largest absolute Gasteiger partial charge is 0.392 e. The van der Waals surface area contributed by atoms with Gasteiger partial charge in [-0.15, -0.1) is 0 Å². The van der Waals surface area contributed by atoms with Crippen LogP contribution >= 0.6 is 0 Å². The van der Waals surface area contributed by atoms with E-state index >= 15 is 0 Å². The van der Waals surface area contributed by atoms with Crippen LogP contribution in [-0.4, -0.2) is 23.5 Å². The van der Waals surface area contributed by atoms with E-state index in [0.29, 0.717) is 11.1 Å². The van der Waals surface area contributed by atoms with E-state index in [4.69, 9.17) is 5.11 Å². The van der Waals surface area contributed by atoms with Gasteiger partial charge in [-0.1, -0.05) is 24.3 Å². The van der Waals surface area contributed by atoms with Crippen molar-refractivity contribution in [3.8, 4) is 0 Å². The van der Waals surface area contributed by atoms with Gasteiger partial charge in [0.1, 0.15) is 0 Å². The minimum atomic E-state index is -4.05. The molecule has 0 aliphatic heterocycles. The van der Waals surface area contributed by atoms with Crippen molar-refractivity contribution in [2.24, 2.45) is 0 Å². The zero-order valence-electron chi connectivity index (χ0n) is 10.8. The number of hydrogen-bond donors (Lipinski definition) is 4. The van der Waals surface area contributed by atoms with Crippen LogP contribution in [0.1, 0.15) is 11.1 Å². The average molecular weight is 311 g/mol. The van der Waals surface area contributed by atoms with E-state index in [-0.39, 0.29) is 13.2 Å². The number of aliphatic hydroxyl groups excluding tert-OH is 1. The van der Waals surface area contributed by atoms with E-state index in [1.165, 1.54) is 0 Å². The first kappa shape index (κ1) is 15.2. The highest BCUT2D eigenvalue weighted by atomic mass is 32.2. The molecule has 1 heterocycles. The Morgan fingerprint density at radius 2 is 1.90 bits per heavy atom. The predicted molar refractivity (Wildman–Crippen MR) is 74.1 cm³/mol. The Morgan fingerprint density at radius 3 is 2.57 bits per heavy atom. The van der Waals surface area contributed by atoms with Crippen LogP contribution in [0.2, 0.25) is 0 Å². The number of nitrogens with one attached hydrogen (secondary N) is 3. The monoisotopic (exact) mass is 311 g/mol. The molecule has 0 atom stereocenters. The van der Waals surface area contributed by atoms with Gasteiger partial charge >= 0.3 is 5.69 Å². The van der Waals surface area contributed by atoms with Crippen molar-refractivity contribution in [2.45, 2.75) is 18.0 Å². The summed E-state index contributed by atoms with van der Waals surface area (Å²) in [5, 5.41) is 9.01. The molecule has 21 heavy (non-hydrogen) atoms. The second-order valence-electron chi connectivity index (χ2n) is 4.24. The van der Waals surface area contributed by atoms with Crippen LogP contribution in [0.5, 0.6) is 0 Å². The molecular weight excluding hydrogens is 298 g/mol. The molecule has 0 aliphatic carbocycles. The Kier molecular flexibility index (Phi) is 4.36. The molecule has 9 heteroatoms. The van der Waals surface area contributed by atoms with Gasteiger partial charge in [0.2, 0.25) is 10.0 Å². The number of sulfonamides is 1. The fraction of sp³-hybridized carbons (Fsp3) is 0.167. The Morgan fingerprint density at radius 1 is 1.19 bits per heavy atom. The van der Waals surface area contributed by atoms with Gasteiger partial charge in [-0.3, -0.25) is 9.78 Å². The summed E-state index contributed by atoms with van der Waals surface area (Å²) in [7, 11) is -4.05. The van der Waals surface area contributed by atoms with Crippen LogP contribution < -0.4 is 16.0 Å². The molecule has 112 valence electrons. The van der Waals surface area contributed by atoms with Gasteiger partial charge in [0.05, 0.1) is 6.61 Å². The molecule has 0 saturated heterocycles. The van der Waals surface area contributed by atoms with E-state index < -0.39 is 26.2 Å². The van der Waals surface area contributed by atoms with Crippen molar-refractivity contribution in [1.82, 2.24) is 14.7 Å². The number of aliphatic hydroxyl groups is 1. The van der Waals surface area contributed by atoms with E-state index in [2.05, 4.69) is 9.71 Å². The topological polar surface area (TPSA) is 132 Å². The second kappa shape index (κ2) is 6.04. The third kappa shape index (κ3) is 3.66. The van der Waals surface area contributed by atoms with Crippen LogP contribution in [0, 0.1) is 0 Å². The SMILES string of the molecule is O=c1[nH]cc(S(=O)(=O)NCc2cccc(CO)c2)c(=O)[nH]1. The van der Waals surface area contributed by atoms with Crippen molar-refractivity contribution in [3.05, 3.63) is 62.4 Å². The number of rotatable bonds is 5. The molecule has 0 spiro atoms. The van der Waals surface area contributed by atoms with Crippen LogP contribution in [0.25, 0.3) is 0 Å². The quantitative estimate of drug-likeness (QED) is 0.564. The summed E-state index contributed by atoms with van der Waals surface area (Å²) in [6.07, 6.45) is 0.841. The van der Waals surface area contributed by atoms with Gasteiger partial charge in [0, 0.05) is 12.7 Å². The zero-order valence-corrected chi connectivity index (χ0v) is 11.6. The Balaban J connectivity index is 2.21. The highest BCUT2D eigenvalue weighted by Crippen LogP contribution is 2.07. The van der Waals surface area contributed by atoms with E-state index in [0.717, 1.165) is 6.20 Å².